The number of hydrogen-bond donors (Lipinski definition) is 0. The molecule has 0 heterocycles. The maximum absolute atomic E-state index is 9.34. The molecule has 7 heteroatoms. The summed E-state index contributed by atoms with van der Waals surface area (Å²) in [6, 6.07) is 0. The minimum absolute atomic E-state index is 0. The van der Waals surface area contributed by atoms with Crippen LogP contribution in [0.15, 0.2) is 0 Å². The Balaban J connectivity index is -0.000000125. The van der Waals surface area contributed by atoms with Crippen molar-refractivity contribution in [1.82, 2.24) is 0 Å². The summed E-state index contributed by atoms with van der Waals surface area (Å²) in [5, 5.41) is 0. The zero-order valence-electron chi connectivity index (χ0n) is 4.76. The summed E-state index contributed by atoms with van der Waals surface area (Å²) in [4.78, 5) is 18.7. The monoisotopic (exact) mass is 206 g/mol. The Morgan fingerprint density at radius 1 is 1.38 bits per heavy atom. The van der Waals surface area contributed by atoms with Crippen LogP contribution in [0.3, 0.4) is 0 Å². The van der Waals surface area contributed by atoms with E-state index in [0.717, 1.165) is 0 Å². The predicted molar refractivity (Wildman–Crippen MR) is 18.3 cm³/mol. The first-order chi connectivity index (χ1) is 2.56. The Kier molecular flexibility index (Phi) is 19.5. The van der Waals surface area contributed by atoms with Gasteiger partial charge in [-0.25, -0.2) is 0 Å². The fourth-order valence-corrected chi connectivity index (χ4v) is 0. The van der Waals surface area contributed by atoms with Gasteiger partial charge >= 0.3 is 103 Å². The topological polar surface area (TPSA) is 63.2 Å². The Labute approximate surface area is 138 Å². The Hall–Kier alpha value is 3.71. The first-order valence-corrected chi connectivity index (χ1v) is 3.39. The van der Waals surface area contributed by atoms with E-state index in [4.69, 9.17) is 0 Å². The van der Waals surface area contributed by atoms with Crippen LogP contribution >= 0.6 is 19.2 Å². The van der Waals surface area contributed by atoms with Crippen LogP contribution in [0.25, 0.3) is 0 Å². The molecule has 38 valence electrons. The van der Waals surface area contributed by atoms with Crippen molar-refractivity contribution in [2.75, 3.05) is 5.62 Å². The molecule has 0 fully saturated rings. The summed E-state index contributed by atoms with van der Waals surface area (Å²) in [6.07, 6.45) is 0. The van der Waals surface area contributed by atoms with E-state index in [-0.39, 0.29) is 103 Å². The maximum Gasteiger partial charge on any atom is 1.00 e. The van der Waals surface area contributed by atoms with Crippen molar-refractivity contribution in [3.63, 3.8) is 0 Å². The molecule has 0 aliphatic rings. The van der Waals surface area contributed by atoms with E-state index >= 15 is 0 Å². The maximum atomic E-state index is 9.34. The van der Waals surface area contributed by atoms with Crippen LogP contribution in [0, 0.1) is 0 Å². The summed E-state index contributed by atoms with van der Waals surface area (Å²) < 4.78 is 9.34. The normalized spacial score (nSPS) is 8.88. The summed E-state index contributed by atoms with van der Waals surface area (Å²) in [6.45, 7) is 0. The molecule has 0 radical (unpaired) electrons. The molecule has 0 aliphatic carbocycles. The van der Waals surface area contributed by atoms with Gasteiger partial charge in [-0.15, -0.1) is 11.6 Å². The molecule has 0 aliphatic heterocycles. The second kappa shape index (κ2) is 8.81. The Morgan fingerprint density at radius 3 is 1.50 bits per heavy atom. The van der Waals surface area contributed by atoms with Gasteiger partial charge in [0.25, 0.3) is 0 Å². The molecule has 0 rings (SSSR count). The van der Waals surface area contributed by atoms with E-state index < -0.39 is 13.2 Å². The van der Waals surface area contributed by atoms with E-state index in [1.165, 1.54) is 0 Å². The van der Waals surface area contributed by atoms with Crippen molar-refractivity contribution in [2.45, 2.75) is 0 Å². The molecular weight excluding hydrogens is 205 g/mol. The Morgan fingerprint density at radius 2 is 1.50 bits per heavy atom. The Bertz CT molecular complexity index is 81.4. The van der Waals surface area contributed by atoms with Crippen LogP contribution in [0.1, 0.15) is 0 Å². The minimum atomic E-state index is -4.38. The number of hydrogen-bond acceptors (Lipinski definition) is 3. The van der Waals surface area contributed by atoms with Gasteiger partial charge in [0.05, 0.1) is 5.62 Å². The second-order valence-electron chi connectivity index (χ2n) is 0.730. The van der Waals surface area contributed by atoms with Crippen LogP contribution in [0.2, 0.25) is 0 Å². The van der Waals surface area contributed by atoms with Crippen molar-refractivity contribution in [3.8, 4) is 0 Å². The van der Waals surface area contributed by atoms with Gasteiger partial charge in [-0.2, -0.15) is 0 Å². The fourth-order valence-electron chi connectivity index (χ4n) is 0. The van der Waals surface area contributed by atoms with E-state index in [0.29, 0.717) is 0 Å². The third kappa shape index (κ3) is 16.4. The van der Waals surface area contributed by atoms with E-state index in [9.17, 15) is 14.4 Å². The molecule has 0 saturated carbocycles. The predicted octanol–water partition coefficient (Wildman–Crippen LogP) is -6.90. The van der Waals surface area contributed by atoms with Crippen molar-refractivity contribution >= 4 is 19.2 Å². The molecule has 0 aromatic heterocycles. The average Bonchev–Trinajstić information content (AvgIpc) is 1.35. The first-order valence-electron chi connectivity index (χ1n) is 1.13. The molecule has 0 N–H and O–H groups in total. The van der Waals surface area contributed by atoms with Crippen LogP contribution in [0.5, 0.6) is 0 Å². The SMILES string of the molecule is O=P([O-])([O-])CCl.[K+].[K+]. The zero-order valence-corrected chi connectivity index (χ0v) is 12.7. The fraction of sp³-hybridized carbons (Fsp3) is 1.00. The number of halogens is 1. The van der Waals surface area contributed by atoms with Crippen LogP contribution in [0.4, 0.5) is 0 Å². The third-order valence-electron chi connectivity index (χ3n) is 0.146. The van der Waals surface area contributed by atoms with Crippen LogP contribution in [-0.4, -0.2) is 5.62 Å². The summed E-state index contributed by atoms with van der Waals surface area (Å²) >= 11 is 4.59. The third-order valence-corrected chi connectivity index (χ3v) is 1.32. The van der Waals surface area contributed by atoms with E-state index in [1.807, 2.05) is 0 Å². The molecule has 0 saturated heterocycles. The van der Waals surface area contributed by atoms with Crippen LogP contribution in [-0.2, 0) is 4.57 Å². The van der Waals surface area contributed by atoms with E-state index in [2.05, 4.69) is 11.6 Å². The molecule has 3 nitrogen and oxygen atoms in total. The molecule has 0 amide bonds. The molecule has 0 spiro atoms. The summed E-state index contributed by atoms with van der Waals surface area (Å²) in [5.41, 5.74) is -0.812. The smallest absolute Gasteiger partial charge is 0.810 e. The summed E-state index contributed by atoms with van der Waals surface area (Å²) in [7, 11) is -4.38. The van der Waals surface area contributed by atoms with Crippen molar-refractivity contribution in [1.29, 1.82) is 0 Å². The molecule has 8 heavy (non-hydrogen) atoms. The van der Waals surface area contributed by atoms with Gasteiger partial charge in [0.1, 0.15) is 0 Å². The quantitative estimate of drug-likeness (QED) is 0.243. The van der Waals surface area contributed by atoms with Gasteiger partial charge in [-0.3, -0.25) is 0 Å². The van der Waals surface area contributed by atoms with Gasteiger partial charge in [0, 0.05) is 0 Å². The van der Waals surface area contributed by atoms with Crippen LogP contribution < -0.4 is 113 Å². The molecule has 0 aromatic rings. The van der Waals surface area contributed by atoms with Crippen molar-refractivity contribution < 1.29 is 117 Å². The standard InChI is InChI=1S/CH4ClO3P.2K/c2-1-6(3,4)5;;/h1H2,(H2,3,4,5);;/q;2*+1/p-2. The summed E-state index contributed by atoms with van der Waals surface area (Å²) in [5.74, 6) is 0. The van der Waals surface area contributed by atoms with Gasteiger partial charge in [-0.05, 0) is 0 Å². The van der Waals surface area contributed by atoms with Crippen molar-refractivity contribution in [3.05, 3.63) is 0 Å². The molecule has 0 unspecified atom stereocenters. The number of alkyl halides is 1. The minimum Gasteiger partial charge on any atom is -0.810 e. The molecule has 0 atom stereocenters. The largest absolute Gasteiger partial charge is 1.00 e. The second-order valence-corrected chi connectivity index (χ2v) is 2.91. The van der Waals surface area contributed by atoms with Gasteiger partial charge in [0.2, 0.25) is 0 Å². The van der Waals surface area contributed by atoms with Gasteiger partial charge in [0.15, 0.2) is 0 Å². The van der Waals surface area contributed by atoms with Gasteiger partial charge in [-0.1, -0.05) is 7.60 Å². The molecule has 0 aromatic carbocycles. The first kappa shape index (κ1) is 17.7. The van der Waals surface area contributed by atoms with Crippen molar-refractivity contribution in [2.24, 2.45) is 0 Å². The molecular formula is CH2ClK2O3P. The number of rotatable bonds is 1. The zero-order chi connectivity index (χ0) is 5.21. The van der Waals surface area contributed by atoms with Gasteiger partial charge < -0.3 is 14.4 Å². The van der Waals surface area contributed by atoms with E-state index in [1.54, 1.807) is 0 Å². The average molecular weight is 207 g/mol. The molecule has 0 bridgehead atoms.